The van der Waals surface area contributed by atoms with Gasteiger partial charge < -0.3 is 14.8 Å². The first-order chi connectivity index (χ1) is 12.3. The average Bonchev–Trinajstić information content (AvgIpc) is 2.69. The maximum Gasteiger partial charge on any atom is 0.246 e. The minimum absolute atomic E-state index is 0.0261. The summed E-state index contributed by atoms with van der Waals surface area (Å²) in [5.74, 6) is 2.30. The Morgan fingerprint density at radius 1 is 1.20 bits per heavy atom. The van der Waals surface area contributed by atoms with Crippen LogP contribution in [0.3, 0.4) is 0 Å². The highest BCUT2D eigenvalue weighted by molar-refractivity contribution is 7.99. The molecule has 1 aromatic rings. The van der Waals surface area contributed by atoms with E-state index in [0.29, 0.717) is 13.2 Å². The molecule has 2 aliphatic heterocycles. The van der Waals surface area contributed by atoms with Crippen LogP contribution >= 0.6 is 11.8 Å². The number of amides is 1. The molecule has 2 saturated heterocycles. The molecule has 5 nitrogen and oxygen atoms in total. The zero-order valence-electron chi connectivity index (χ0n) is 14.7. The zero-order valence-corrected chi connectivity index (χ0v) is 15.6. The lowest BCUT2D eigenvalue weighted by Gasteiger charge is -2.48. The van der Waals surface area contributed by atoms with E-state index in [-0.39, 0.29) is 18.1 Å². The lowest BCUT2D eigenvalue weighted by molar-refractivity contribution is -0.127. The van der Waals surface area contributed by atoms with Gasteiger partial charge in [-0.25, -0.2) is 0 Å². The Labute approximate surface area is 154 Å². The second-order valence-corrected chi connectivity index (χ2v) is 7.92. The van der Waals surface area contributed by atoms with Crippen molar-refractivity contribution in [1.29, 1.82) is 0 Å². The Hall–Kier alpha value is -1.08. The van der Waals surface area contributed by atoms with E-state index in [1.54, 1.807) is 0 Å². The van der Waals surface area contributed by atoms with Gasteiger partial charge >= 0.3 is 0 Å². The number of rotatable bonds is 7. The molecule has 0 aromatic heterocycles. The van der Waals surface area contributed by atoms with Gasteiger partial charge in [0.1, 0.15) is 6.61 Å². The van der Waals surface area contributed by atoms with Crippen molar-refractivity contribution in [2.75, 3.05) is 51.0 Å². The number of benzene rings is 1. The summed E-state index contributed by atoms with van der Waals surface area (Å²) < 4.78 is 11.1. The van der Waals surface area contributed by atoms with Crippen molar-refractivity contribution in [3.05, 3.63) is 35.9 Å². The number of morpholine rings is 1. The molecule has 1 N–H and O–H groups in total. The van der Waals surface area contributed by atoms with Crippen molar-refractivity contribution < 1.29 is 14.3 Å². The van der Waals surface area contributed by atoms with E-state index in [1.807, 2.05) is 42.1 Å². The fourth-order valence-electron chi connectivity index (χ4n) is 3.54. The molecule has 3 rings (SSSR count). The van der Waals surface area contributed by atoms with Gasteiger partial charge in [-0.15, -0.1) is 0 Å². The molecule has 2 fully saturated rings. The van der Waals surface area contributed by atoms with E-state index in [9.17, 15) is 4.79 Å². The number of hydrogen-bond donors (Lipinski definition) is 1. The van der Waals surface area contributed by atoms with Crippen molar-refractivity contribution >= 4 is 17.7 Å². The summed E-state index contributed by atoms with van der Waals surface area (Å²) in [4.78, 5) is 14.7. The second-order valence-electron chi connectivity index (χ2n) is 6.69. The van der Waals surface area contributed by atoms with Crippen molar-refractivity contribution in [3.63, 3.8) is 0 Å². The Morgan fingerprint density at radius 3 is 2.64 bits per heavy atom. The largest absolute Gasteiger partial charge is 0.379 e. The fourth-order valence-corrected chi connectivity index (χ4v) is 4.80. The summed E-state index contributed by atoms with van der Waals surface area (Å²) in [7, 11) is 0. The van der Waals surface area contributed by atoms with Crippen LogP contribution in [0.25, 0.3) is 0 Å². The van der Waals surface area contributed by atoms with Crippen LogP contribution in [0.15, 0.2) is 30.3 Å². The number of nitrogens with zero attached hydrogens (tertiary/aromatic N) is 1. The Morgan fingerprint density at radius 2 is 1.92 bits per heavy atom. The molecule has 25 heavy (non-hydrogen) atoms. The fraction of sp³-hybridized carbons (Fsp3) is 0.632. The Bertz CT molecular complexity index is 529. The van der Waals surface area contributed by atoms with Crippen molar-refractivity contribution in [1.82, 2.24) is 10.2 Å². The molecule has 0 atom stereocenters. The maximum atomic E-state index is 12.2. The molecule has 138 valence electrons. The molecule has 0 radical (unpaired) electrons. The van der Waals surface area contributed by atoms with Crippen molar-refractivity contribution in [3.8, 4) is 0 Å². The third-order valence-electron chi connectivity index (χ3n) is 5.06. The third-order valence-corrected chi connectivity index (χ3v) is 6.05. The molecule has 1 amide bonds. The van der Waals surface area contributed by atoms with E-state index in [4.69, 9.17) is 9.47 Å². The van der Waals surface area contributed by atoms with Crippen LogP contribution in [0.4, 0.5) is 0 Å². The Balaban J connectivity index is 1.46. The van der Waals surface area contributed by atoms with Gasteiger partial charge in [0.05, 0.1) is 19.8 Å². The van der Waals surface area contributed by atoms with Gasteiger partial charge in [-0.05, 0) is 29.9 Å². The van der Waals surface area contributed by atoms with Crippen LogP contribution in [0.2, 0.25) is 0 Å². The van der Waals surface area contributed by atoms with Gasteiger partial charge in [-0.2, -0.15) is 11.8 Å². The molecule has 6 heteroatoms. The van der Waals surface area contributed by atoms with E-state index < -0.39 is 0 Å². The van der Waals surface area contributed by atoms with Crippen LogP contribution in [-0.2, 0) is 20.9 Å². The molecule has 2 aliphatic rings. The average molecular weight is 365 g/mol. The number of carbonyl (C=O) groups is 1. The monoisotopic (exact) mass is 364 g/mol. The molecular weight excluding hydrogens is 336 g/mol. The van der Waals surface area contributed by atoms with E-state index in [2.05, 4.69) is 10.2 Å². The van der Waals surface area contributed by atoms with Crippen molar-refractivity contribution in [2.24, 2.45) is 0 Å². The Kier molecular flexibility index (Phi) is 7.16. The summed E-state index contributed by atoms with van der Waals surface area (Å²) in [5, 5.41) is 3.12. The highest BCUT2D eigenvalue weighted by Gasteiger charge is 2.39. The highest BCUT2D eigenvalue weighted by atomic mass is 32.2. The van der Waals surface area contributed by atoms with Crippen LogP contribution in [-0.4, -0.2) is 67.3 Å². The van der Waals surface area contributed by atoms with Crippen LogP contribution in [0, 0.1) is 0 Å². The predicted octanol–water partition coefficient (Wildman–Crippen LogP) is 1.92. The topological polar surface area (TPSA) is 50.8 Å². The van der Waals surface area contributed by atoms with Gasteiger partial charge in [0, 0.05) is 25.2 Å². The smallest absolute Gasteiger partial charge is 0.246 e. The van der Waals surface area contributed by atoms with E-state index in [1.165, 1.54) is 0 Å². The maximum absolute atomic E-state index is 12.2. The third kappa shape index (κ3) is 5.45. The summed E-state index contributed by atoms with van der Waals surface area (Å²) in [6.45, 7) is 4.81. The second kappa shape index (κ2) is 9.57. The molecule has 0 unspecified atom stereocenters. The molecule has 0 bridgehead atoms. The minimum Gasteiger partial charge on any atom is -0.379 e. The number of ether oxygens (including phenoxy) is 2. The van der Waals surface area contributed by atoms with Crippen LogP contribution in [0.5, 0.6) is 0 Å². The van der Waals surface area contributed by atoms with Crippen LogP contribution < -0.4 is 5.32 Å². The minimum atomic E-state index is -0.0261. The zero-order chi connectivity index (χ0) is 17.4. The van der Waals surface area contributed by atoms with E-state index >= 15 is 0 Å². The molecule has 1 aromatic carbocycles. The van der Waals surface area contributed by atoms with Gasteiger partial charge in [0.25, 0.3) is 0 Å². The van der Waals surface area contributed by atoms with Crippen molar-refractivity contribution in [2.45, 2.75) is 25.0 Å². The number of nitrogens with one attached hydrogen (secondary N) is 1. The number of thioether (sulfide) groups is 1. The molecule has 0 saturated carbocycles. The quantitative estimate of drug-likeness (QED) is 0.801. The lowest BCUT2D eigenvalue weighted by atomic mass is 9.89. The first-order valence-electron chi connectivity index (χ1n) is 9.07. The first kappa shape index (κ1) is 18.7. The lowest BCUT2D eigenvalue weighted by Crippen LogP contribution is -2.60. The van der Waals surface area contributed by atoms with Gasteiger partial charge in [-0.3, -0.25) is 9.69 Å². The van der Waals surface area contributed by atoms with Gasteiger partial charge in [0.15, 0.2) is 0 Å². The first-order valence-corrected chi connectivity index (χ1v) is 10.2. The standard InChI is InChI=1S/C19H28N2O3S/c22-18(15-24-14-17-4-2-1-3-5-17)20-16-19(6-12-25-13-7-19)21-8-10-23-11-9-21/h1-5H,6-16H2,(H,20,22). The van der Waals surface area contributed by atoms with E-state index in [0.717, 1.165) is 56.2 Å². The normalized spacial score (nSPS) is 21.0. The summed E-state index contributed by atoms with van der Waals surface area (Å²) >= 11 is 2.01. The molecule has 0 spiro atoms. The van der Waals surface area contributed by atoms with Crippen LogP contribution in [0.1, 0.15) is 18.4 Å². The number of carbonyl (C=O) groups excluding carboxylic acids is 1. The summed E-state index contributed by atoms with van der Waals surface area (Å²) in [5.41, 5.74) is 1.17. The molecule has 2 heterocycles. The predicted molar refractivity (Wildman–Crippen MR) is 101 cm³/mol. The molecular formula is C19H28N2O3S. The summed E-state index contributed by atoms with van der Waals surface area (Å²) in [6.07, 6.45) is 2.26. The van der Waals surface area contributed by atoms with Gasteiger partial charge in [-0.1, -0.05) is 30.3 Å². The molecule has 0 aliphatic carbocycles. The highest BCUT2D eigenvalue weighted by Crippen LogP contribution is 2.32. The SMILES string of the molecule is O=C(COCc1ccccc1)NCC1(N2CCOCC2)CCSCC1. The van der Waals surface area contributed by atoms with Gasteiger partial charge in [0.2, 0.25) is 5.91 Å². The summed E-state index contributed by atoms with van der Waals surface area (Å²) in [6, 6.07) is 9.94. The number of hydrogen-bond acceptors (Lipinski definition) is 5.